The highest BCUT2D eigenvalue weighted by Gasteiger charge is 2.18. The molecule has 1 aromatic heterocycles. The van der Waals surface area contributed by atoms with Gasteiger partial charge >= 0.3 is 0 Å². The van der Waals surface area contributed by atoms with Crippen molar-refractivity contribution in [2.45, 2.75) is 26.3 Å². The molecular weight excluding hydrogens is 414 g/mol. The molecule has 1 heterocycles. The van der Waals surface area contributed by atoms with E-state index in [1.165, 1.54) is 19.8 Å². The zero-order valence-electron chi connectivity index (χ0n) is 12.4. The van der Waals surface area contributed by atoms with Crippen LogP contribution >= 0.6 is 43.2 Å². The second-order valence-corrected chi connectivity index (χ2v) is 8.33. The van der Waals surface area contributed by atoms with Gasteiger partial charge in [-0.05, 0) is 81.1 Å². The third-order valence-electron chi connectivity index (χ3n) is 3.34. The van der Waals surface area contributed by atoms with Crippen LogP contribution in [0.15, 0.2) is 32.5 Å². The SMILES string of the molecule is CCCNC(c1ccc(OC)c(Br)c1)c1cc(Br)sc1C. The van der Waals surface area contributed by atoms with Gasteiger partial charge in [-0.25, -0.2) is 0 Å². The average molecular weight is 433 g/mol. The fourth-order valence-electron chi connectivity index (χ4n) is 2.30. The van der Waals surface area contributed by atoms with E-state index in [1.807, 2.05) is 6.07 Å². The number of ether oxygens (including phenoxy) is 1. The minimum atomic E-state index is 0.203. The molecule has 0 amide bonds. The number of aryl methyl sites for hydroxylation is 1. The van der Waals surface area contributed by atoms with Crippen molar-refractivity contribution in [3.8, 4) is 5.75 Å². The predicted octanol–water partition coefficient (Wildman–Crippen LogP) is 5.68. The second-order valence-electron chi connectivity index (χ2n) is 4.84. The molecule has 114 valence electrons. The number of rotatable bonds is 6. The van der Waals surface area contributed by atoms with E-state index >= 15 is 0 Å². The van der Waals surface area contributed by atoms with Gasteiger partial charge in [0.25, 0.3) is 0 Å². The Kier molecular flexibility index (Phi) is 6.29. The van der Waals surface area contributed by atoms with Gasteiger partial charge in [-0.15, -0.1) is 11.3 Å². The number of nitrogens with one attached hydrogen (secondary N) is 1. The smallest absolute Gasteiger partial charge is 0.133 e. The highest BCUT2D eigenvalue weighted by Crippen LogP contribution is 2.36. The largest absolute Gasteiger partial charge is 0.496 e. The van der Waals surface area contributed by atoms with Crippen LogP contribution in [0.5, 0.6) is 5.75 Å². The van der Waals surface area contributed by atoms with Crippen molar-refractivity contribution in [2.24, 2.45) is 0 Å². The van der Waals surface area contributed by atoms with E-state index < -0.39 is 0 Å². The Balaban J connectivity index is 2.40. The standard InChI is InChI=1S/C16H19Br2NOS/c1-4-7-19-16(12-9-15(18)21-10(12)2)11-5-6-14(20-3)13(17)8-11/h5-6,8-9,16,19H,4,7H2,1-3H3. The summed E-state index contributed by atoms with van der Waals surface area (Å²) in [4.78, 5) is 1.34. The van der Waals surface area contributed by atoms with Crippen LogP contribution in [0.25, 0.3) is 0 Å². The van der Waals surface area contributed by atoms with Crippen LogP contribution in [-0.2, 0) is 0 Å². The maximum atomic E-state index is 5.32. The summed E-state index contributed by atoms with van der Waals surface area (Å²) in [6.07, 6.45) is 1.11. The number of hydrogen-bond acceptors (Lipinski definition) is 3. The van der Waals surface area contributed by atoms with E-state index in [0.29, 0.717) is 0 Å². The van der Waals surface area contributed by atoms with Crippen LogP contribution in [0.4, 0.5) is 0 Å². The van der Waals surface area contributed by atoms with Gasteiger partial charge in [0.1, 0.15) is 5.75 Å². The van der Waals surface area contributed by atoms with Crippen molar-refractivity contribution in [1.82, 2.24) is 5.32 Å². The first-order valence-corrected chi connectivity index (χ1v) is 9.29. The molecule has 21 heavy (non-hydrogen) atoms. The summed E-state index contributed by atoms with van der Waals surface area (Å²) in [5.41, 5.74) is 2.57. The summed E-state index contributed by atoms with van der Waals surface area (Å²) in [7, 11) is 1.69. The van der Waals surface area contributed by atoms with Crippen molar-refractivity contribution in [1.29, 1.82) is 0 Å². The zero-order chi connectivity index (χ0) is 15.4. The Morgan fingerprint density at radius 1 is 1.29 bits per heavy atom. The topological polar surface area (TPSA) is 21.3 Å². The Labute approximate surface area is 147 Å². The monoisotopic (exact) mass is 431 g/mol. The fraction of sp³-hybridized carbons (Fsp3) is 0.375. The minimum Gasteiger partial charge on any atom is -0.496 e. The number of hydrogen-bond donors (Lipinski definition) is 1. The van der Waals surface area contributed by atoms with Crippen molar-refractivity contribution in [3.05, 3.63) is 48.5 Å². The normalized spacial score (nSPS) is 12.4. The van der Waals surface area contributed by atoms with Crippen LogP contribution in [0.1, 0.15) is 35.4 Å². The molecule has 0 fully saturated rings. The molecule has 2 rings (SSSR count). The molecule has 0 aliphatic carbocycles. The number of methoxy groups -OCH3 is 1. The summed E-state index contributed by atoms with van der Waals surface area (Å²) in [6, 6.07) is 8.69. The summed E-state index contributed by atoms with van der Waals surface area (Å²) in [6.45, 7) is 5.34. The van der Waals surface area contributed by atoms with Crippen molar-refractivity contribution >= 4 is 43.2 Å². The molecule has 2 nitrogen and oxygen atoms in total. The van der Waals surface area contributed by atoms with Crippen molar-refractivity contribution in [2.75, 3.05) is 13.7 Å². The third kappa shape index (κ3) is 4.09. The minimum absolute atomic E-state index is 0.203. The molecule has 0 saturated heterocycles. The summed E-state index contributed by atoms with van der Waals surface area (Å²) in [5, 5.41) is 3.65. The fourth-order valence-corrected chi connectivity index (χ4v) is 4.61. The number of thiophene rings is 1. The zero-order valence-corrected chi connectivity index (χ0v) is 16.4. The van der Waals surface area contributed by atoms with Gasteiger partial charge in [-0.2, -0.15) is 0 Å². The summed E-state index contributed by atoms with van der Waals surface area (Å²) >= 11 is 8.95. The van der Waals surface area contributed by atoms with Gasteiger partial charge in [0.15, 0.2) is 0 Å². The first kappa shape index (κ1) is 17.0. The lowest BCUT2D eigenvalue weighted by Crippen LogP contribution is -2.23. The molecule has 1 atom stereocenters. The lowest BCUT2D eigenvalue weighted by atomic mass is 9.99. The molecule has 0 saturated carbocycles. The van der Waals surface area contributed by atoms with Gasteiger partial charge in [0.2, 0.25) is 0 Å². The van der Waals surface area contributed by atoms with Gasteiger partial charge in [-0.1, -0.05) is 13.0 Å². The first-order valence-electron chi connectivity index (χ1n) is 6.89. The lowest BCUT2D eigenvalue weighted by molar-refractivity contribution is 0.411. The van der Waals surface area contributed by atoms with Crippen molar-refractivity contribution < 1.29 is 4.74 Å². The molecule has 2 aromatic rings. The maximum absolute atomic E-state index is 5.32. The Morgan fingerprint density at radius 3 is 2.57 bits per heavy atom. The van der Waals surface area contributed by atoms with Crippen LogP contribution in [0, 0.1) is 6.92 Å². The van der Waals surface area contributed by atoms with Crippen LogP contribution in [0.3, 0.4) is 0 Å². The number of halogens is 2. The van der Waals surface area contributed by atoms with E-state index in [0.717, 1.165) is 23.2 Å². The van der Waals surface area contributed by atoms with Crippen LogP contribution < -0.4 is 10.1 Å². The predicted molar refractivity (Wildman–Crippen MR) is 97.6 cm³/mol. The average Bonchev–Trinajstić information content (AvgIpc) is 2.78. The van der Waals surface area contributed by atoms with Gasteiger partial charge < -0.3 is 10.1 Å². The molecule has 5 heteroatoms. The highest BCUT2D eigenvalue weighted by molar-refractivity contribution is 9.11. The Morgan fingerprint density at radius 2 is 2.05 bits per heavy atom. The van der Waals surface area contributed by atoms with Gasteiger partial charge in [0, 0.05) is 4.88 Å². The van der Waals surface area contributed by atoms with Gasteiger partial charge in [-0.3, -0.25) is 0 Å². The summed E-state index contributed by atoms with van der Waals surface area (Å²) in [5.74, 6) is 0.858. The molecule has 0 spiro atoms. The molecule has 1 N–H and O–H groups in total. The first-order chi connectivity index (χ1) is 10.1. The second kappa shape index (κ2) is 7.77. The molecule has 0 radical (unpaired) electrons. The van der Waals surface area contributed by atoms with Crippen LogP contribution in [-0.4, -0.2) is 13.7 Å². The quantitative estimate of drug-likeness (QED) is 0.633. The van der Waals surface area contributed by atoms with Crippen LogP contribution in [0.2, 0.25) is 0 Å². The van der Waals surface area contributed by atoms with Crippen molar-refractivity contribution in [3.63, 3.8) is 0 Å². The van der Waals surface area contributed by atoms with E-state index in [9.17, 15) is 0 Å². The van der Waals surface area contributed by atoms with Gasteiger partial charge in [0.05, 0.1) is 21.4 Å². The maximum Gasteiger partial charge on any atom is 0.133 e. The molecule has 1 unspecified atom stereocenters. The molecular formula is C16H19Br2NOS. The van der Waals surface area contributed by atoms with E-state index in [4.69, 9.17) is 4.74 Å². The molecule has 0 bridgehead atoms. The highest BCUT2D eigenvalue weighted by atomic mass is 79.9. The van der Waals surface area contributed by atoms with E-state index in [2.05, 4.69) is 69.2 Å². The Bertz CT molecular complexity index is 612. The lowest BCUT2D eigenvalue weighted by Gasteiger charge is -2.20. The molecule has 0 aliphatic rings. The summed E-state index contributed by atoms with van der Waals surface area (Å²) < 4.78 is 7.48. The Hall–Kier alpha value is -0.360. The third-order valence-corrected chi connectivity index (χ3v) is 5.53. The molecule has 1 aromatic carbocycles. The molecule has 0 aliphatic heterocycles. The van der Waals surface area contributed by atoms with E-state index in [-0.39, 0.29) is 6.04 Å². The van der Waals surface area contributed by atoms with E-state index in [1.54, 1.807) is 18.4 Å². The number of benzene rings is 1.